The summed E-state index contributed by atoms with van der Waals surface area (Å²) < 4.78 is 0. The molecule has 0 aromatic heterocycles. The molecule has 0 saturated carbocycles. The van der Waals surface area contributed by atoms with Gasteiger partial charge < -0.3 is 10.0 Å². The number of ketones is 1. The van der Waals surface area contributed by atoms with Crippen LogP contribution >= 0.6 is 0 Å². The lowest BCUT2D eigenvalue weighted by atomic mass is 9.79. The molecular weight excluding hydrogens is 348 g/mol. The molecule has 0 amide bonds. The Labute approximate surface area is 166 Å². The predicted molar refractivity (Wildman–Crippen MR) is 114 cm³/mol. The van der Waals surface area contributed by atoms with E-state index in [1.807, 2.05) is 39.1 Å². The average Bonchev–Trinajstić information content (AvgIpc) is 3.04. The first-order chi connectivity index (χ1) is 13.2. The van der Waals surface area contributed by atoms with Gasteiger partial charge in [-0.15, -0.1) is 0 Å². The van der Waals surface area contributed by atoms with Crippen molar-refractivity contribution in [2.24, 2.45) is 4.99 Å². The summed E-state index contributed by atoms with van der Waals surface area (Å²) in [6.45, 7) is 10.3. The Balaban J connectivity index is 1.81. The van der Waals surface area contributed by atoms with Gasteiger partial charge in [0.05, 0.1) is 16.8 Å². The van der Waals surface area contributed by atoms with Crippen molar-refractivity contribution in [2.75, 3.05) is 11.9 Å². The van der Waals surface area contributed by atoms with E-state index < -0.39 is 0 Å². The van der Waals surface area contributed by atoms with Crippen LogP contribution in [-0.4, -0.2) is 23.6 Å². The molecule has 4 heteroatoms. The minimum Gasteiger partial charge on any atom is -0.506 e. The Kier molecular flexibility index (Phi) is 4.00. The third-order valence-corrected chi connectivity index (χ3v) is 6.30. The van der Waals surface area contributed by atoms with Crippen LogP contribution in [-0.2, 0) is 10.2 Å². The molecule has 28 heavy (non-hydrogen) atoms. The highest BCUT2D eigenvalue weighted by atomic mass is 16.3. The van der Waals surface area contributed by atoms with Crippen LogP contribution in [0.1, 0.15) is 46.6 Å². The van der Waals surface area contributed by atoms with Gasteiger partial charge in [0.25, 0.3) is 0 Å². The zero-order valence-corrected chi connectivity index (χ0v) is 17.3. The highest BCUT2D eigenvalue weighted by molar-refractivity contribution is 6.22. The zero-order valence-electron chi connectivity index (χ0n) is 17.3. The van der Waals surface area contributed by atoms with Crippen LogP contribution in [0.4, 0.5) is 5.69 Å². The summed E-state index contributed by atoms with van der Waals surface area (Å²) in [5.41, 5.74) is 7.54. The number of aliphatic hydroxyl groups is 1. The van der Waals surface area contributed by atoms with Crippen LogP contribution in [0.25, 0.3) is 0 Å². The van der Waals surface area contributed by atoms with Crippen LogP contribution in [0.15, 0.2) is 74.8 Å². The van der Waals surface area contributed by atoms with Gasteiger partial charge in [0, 0.05) is 29.6 Å². The van der Waals surface area contributed by atoms with Crippen molar-refractivity contribution in [1.29, 1.82) is 0 Å². The van der Waals surface area contributed by atoms with Crippen LogP contribution in [0.2, 0.25) is 0 Å². The number of carbonyl (C=O) groups is 1. The molecular formula is C24H26N2O2. The molecule has 3 aliphatic rings. The maximum atomic E-state index is 13.0. The number of para-hydroxylation sites is 1. The van der Waals surface area contributed by atoms with Crippen molar-refractivity contribution in [3.05, 3.63) is 75.4 Å². The first-order valence-corrected chi connectivity index (χ1v) is 9.73. The van der Waals surface area contributed by atoms with Crippen molar-refractivity contribution >= 4 is 17.2 Å². The van der Waals surface area contributed by atoms with Crippen molar-refractivity contribution in [3.8, 4) is 0 Å². The fourth-order valence-corrected chi connectivity index (χ4v) is 4.67. The van der Waals surface area contributed by atoms with E-state index in [0.29, 0.717) is 16.8 Å². The maximum Gasteiger partial charge on any atom is 0.202 e. The summed E-state index contributed by atoms with van der Waals surface area (Å²) in [5, 5.41) is 10.7. The van der Waals surface area contributed by atoms with Gasteiger partial charge in [-0.25, -0.2) is 0 Å². The monoisotopic (exact) mass is 374 g/mol. The van der Waals surface area contributed by atoms with Gasteiger partial charge in [0.2, 0.25) is 5.78 Å². The highest BCUT2D eigenvalue weighted by Crippen LogP contribution is 2.48. The lowest BCUT2D eigenvalue weighted by Gasteiger charge is -2.27. The normalized spacial score (nSPS) is 24.9. The molecule has 0 fully saturated rings. The number of hydrogen-bond acceptors (Lipinski definition) is 4. The Hall–Kier alpha value is -2.88. The molecule has 1 N–H and O–H groups in total. The number of hydrogen-bond donors (Lipinski definition) is 1. The number of benzene rings is 1. The maximum absolute atomic E-state index is 13.0. The molecule has 0 atom stereocenters. The second-order valence-corrected chi connectivity index (χ2v) is 8.20. The van der Waals surface area contributed by atoms with Crippen LogP contribution in [0.5, 0.6) is 0 Å². The molecule has 1 aliphatic carbocycles. The van der Waals surface area contributed by atoms with E-state index >= 15 is 0 Å². The van der Waals surface area contributed by atoms with E-state index in [1.165, 1.54) is 5.56 Å². The van der Waals surface area contributed by atoms with Gasteiger partial charge in [0.15, 0.2) is 0 Å². The van der Waals surface area contributed by atoms with Crippen molar-refractivity contribution < 1.29 is 9.90 Å². The van der Waals surface area contributed by atoms with Crippen LogP contribution < -0.4 is 4.90 Å². The predicted octanol–water partition coefficient (Wildman–Crippen LogP) is 5.15. The molecule has 0 saturated heterocycles. The summed E-state index contributed by atoms with van der Waals surface area (Å²) in [6, 6.07) is 8.25. The Bertz CT molecular complexity index is 1080. The van der Waals surface area contributed by atoms with Crippen molar-refractivity contribution in [2.45, 2.75) is 46.5 Å². The number of allylic oxidation sites excluding steroid dienone is 6. The lowest BCUT2D eigenvalue weighted by Crippen LogP contribution is -2.27. The number of anilines is 1. The number of nitrogens with zero attached hydrogens (tertiary/aromatic N) is 2. The van der Waals surface area contributed by atoms with Gasteiger partial charge in [-0.05, 0) is 49.1 Å². The van der Waals surface area contributed by atoms with Gasteiger partial charge in [-0.3, -0.25) is 9.79 Å². The molecule has 1 aromatic rings. The van der Waals surface area contributed by atoms with Crippen molar-refractivity contribution in [3.63, 3.8) is 0 Å². The molecule has 4 rings (SSSR count). The molecule has 144 valence electrons. The summed E-state index contributed by atoms with van der Waals surface area (Å²) >= 11 is 0. The SMILES string of the molecule is CCC1=C(C)C(=C2C(=O)C(/C=C3\N(C)c4ccccc4C3(C)C)=C2O)N=C1C. The van der Waals surface area contributed by atoms with E-state index in [0.717, 1.165) is 34.7 Å². The van der Waals surface area contributed by atoms with E-state index in [4.69, 9.17) is 0 Å². The van der Waals surface area contributed by atoms with E-state index in [2.05, 4.69) is 42.8 Å². The molecule has 2 aliphatic heterocycles. The summed E-state index contributed by atoms with van der Waals surface area (Å²) in [7, 11) is 2.00. The molecule has 1 aromatic carbocycles. The molecule has 0 spiro atoms. The van der Waals surface area contributed by atoms with Gasteiger partial charge in [-0.2, -0.15) is 0 Å². The first kappa shape index (κ1) is 18.5. The molecule has 2 heterocycles. The largest absolute Gasteiger partial charge is 0.506 e. The van der Waals surface area contributed by atoms with Gasteiger partial charge in [-0.1, -0.05) is 39.0 Å². The second-order valence-electron chi connectivity index (χ2n) is 8.20. The molecule has 0 radical (unpaired) electrons. The third kappa shape index (κ3) is 2.30. The number of aliphatic imine (C=N–C) groups is 1. The fraction of sp³-hybridized carbons (Fsp3) is 0.333. The Morgan fingerprint density at radius 2 is 1.89 bits per heavy atom. The van der Waals surface area contributed by atoms with Gasteiger partial charge in [0.1, 0.15) is 5.76 Å². The highest BCUT2D eigenvalue weighted by Gasteiger charge is 2.42. The van der Waals surface area contributed by atoms with Crippen molar-refractivity contribution in [1.82, 2.24) is 0 Å². The zero-order chi connectivity index (χ0) is 20.4. The number of fused-ring (bicyclic) bond motifs is 1. The number of carbonyl (C=O) groups excluding carboxylic acids is 1. The second kappa shape index (κ2) is 6.06. The van der Waals surface area contributed by atoms with Crippen LogP contribution in [0, 0.1) is 0 Å². The number of rotatable bonds is 2. The number of likely N-dealkylation sites (N-methyl/N-ethyl adjacent to an activating group) is 1. The topological polar surface area (TPSA) is 52.9 Å². The third-order valence-electron chi connectivity index (χ3n) is 6.30. The minimum absolute atomic E-state index is 0.0564. The summed E-state index contributed by atoms with van der Waals surface area (Å²) in [6.07, 6.45) is 2.71. The van der Waals surface area contributed by atoms with E-state index in [9.17, 15) is 9.90 Å². The van der Waals surface area contributed by atoms with Crippen LogP contribution in [0.3, 0.4) is 0 Å². The Morgan fingerprint density at radius 3 is 2.46 bits per heavy atom. The standard InChI is InChI=1S/C24H26N2O2/c1-7-15-13(2)21(25-14(15)3)20-22(27)16(23(20)28)12-19-24(4,5)17-10-8-9-11-18(17)26(19)6/h8-12,27H,7H2,1-6H3/b19-12-,21-20?. The fourth-order valence-electron chi connectivity index (χ4n) is 4.67. The molecule has 0 bridgehead atoms. The van der Waals surface area contributed by atoms with E-state index in [-0.39, 0.29) is 17.0 Å². The minimum atomic E-state index is -0.241. The number of aliphatic hydroxyl groups excluding tert-OH is 1. The summed E-state index contributed by atoms with van der Waals surface area (Å²) in [5.74, 6) is -0.0747. The average molecular weight is 374 g/mol. The van der Waals surface area contributed by atoms with Gasteiger partial charge >= 0.3 is 0 Å². The summed E-state index contributed by atoms with van der Waals surface area (Å²) in [4.78, 5) is 19.6. The Morgan fingerprint density at radius 1 is 1.21 bits per heavy atom. The molecule has 4 nitrogen and oxygen atoms in total. The van der Waals surface area contributed by atoms with E-state index in [1.54, 1.807) is 0 Å². The number of Topliss-reactive ketones (excluding diaryl/α,β-unsaturated/α-hetero) is 1. The first-order valence-electron chi connectivity index (χ1n) is 9.73. The lowest BCUT2D eigenvalue weighted by molar-refractivity contribution is -0.113. The smallest absolute Gasteiger partial charge is 0.202 e. The molecule has 0 unspecified atom stereocenters. The quantitative estimate of drug-likeness (QED) is 0.729.